The molecule has 0 radical (unpaired) electrons. The number of nitrogens with two attached hydrogens (primary N) is 2. The second-order valence-corrected chi connectivity index (χ2v) is 8.93. The van der Waals surface area contributed by atoms with Gasteiger partial charge in [0.05, 0.1) is 27.7 Å². The number of carbonyl (C=O) groups excluding carboxylic acids is 1. The van der Waals surface area contributed by atoms with Crippen LogP contribution in [0.5, 0.6) is 23.0 Å². The van der Waals surface area contributed by atoms with E-state index in [1.807, 2.05) is 0 Å². The van der Waals surface area contributed by atoms with Crippen LogP contribution < -0.4 is 45.2 Å². The maximum Gasteiger partial charge on any atom is 0.274 e. The highest BCUT2D eigenvalue weighted by atomic mass is 32.1. The summed E-state index contributed by atoms with van der Waals surface area (Å²) in [4.78, 5) is 26.1. The number of primary amides is 1. The second kappa shape index (κ2) is 7.68. The van der Waals surface area contributed by atoms with Crippen LogP contribution in [-0.2, 0) is 4.79 Å². The third-order valence-corrected chi connectivity index (χ3v) is 7.07. The van der Waals surface area contributed by atoms with Gasteiger partial charge >= 0.3 is 0 Å². The van der Waals surface area contributed by atoms with Gasteiger partial charge in [0, 0.05) is 0 Å². The van der Waals surface area contributed by atoms with Gasteiger partial charge in [0.2, 0.25) is 19.5 Å². The normalized spacial score (nSPS) is 18.0. The summed E-state index contributed by atoms with van der Waals surface area (Å²) in [5, 5.41) is 9.98. The molecule has 0 saturated heterocycles. The number of hydrogen-bond donors (Lipinski definition) is 2. The van der Waals surface area contributed by atoms with Crippen LogP contribution in [0, 0.1) is 11.3 Å². The van der Waals surface area contributed by atoms with E-state index in [9.17, 15) is 14.9 Å². The molecule has 4 heterocycles. The molecule has 0 saturated carbocycles. The van der Waals surface area contributed by atoms with Crippen LogP contribution in [0.4, 0.5) is 0 Å². The van der Waals surface area contributed by atoms with Gasteiger partial charge in [0.1, 0.15) is 10.5 Å². The predicted octanol–water partition coefficient (Wildman–Crippen LogP) is 0.280. The molecule has 0 spiro atoms. The fourth-order valence-corrected chi connectivity index (χ4v) is 5.55. The molecule has 10 nitrogen and oxygen atoms in total. The second-order valence-electron chi connectivity index (χ2n) is 7.90. The number of benzene rings is 2. The van der Waals surface area contributed by atoms with Gasteiger partial charge in [-0.1, -0.05) is 12.1 Å². The Hall–Kier alpha value is -4.69. The molecule has 3 aromatic rings. The first-order valence-electron chi connectivity index (χ1n) is 10.4. The molecule has 4 N–H and O–H groups in total. The molecule has 0 aliphatic carbocycles. The monoisotopic (exact) mass is 488 g/mol. The molecule has 1 aromatic heterocycles. The van der Waals surface area contributed by atoms with Gasteiger partial charge in [-0.15, -0.1) is 11.3 Å². The van der Waals surface area contributed by atoms with E-state index < -0.39 is 17.4 Å². The fourth-order valence-electron chi connectivity index (χ4n) is 4.37. The van der Waals surface area contributed by atoms with Crippen LogP contribution in [0.1, 0.15) is 17.0 Å². The number of hydrogen-bond acceptors (Lipinski definition) is 9. The molecule has 35 heavy (non-hydrogen) atoms. The highest BCUT2D eigenvalue weighted by Crippen LogP contribution is 2.41. The van der Waals surface area contributed by atoms with E-state index in [4.69, 9.17) is 30.4 Å². The number of fused-ring (bicyclic) bond motifs is 3. The number of amides is 1. The van der Waals surface area contributed by atoms with Crippen LogP contribution in [0.2, 0.25) is 0 Å². The number of rotatable bonds is 3. The summed E-state index contributed by atoms with van der Waals surface area (Å²) >= 11 is 1.07. The Labute approximate surface area is 201 Å². The topological polar surface area (TPSA) is 152 Å². The minimum Gasteiger partial charge on any atom is -0.454 e. The van der Waals surface area contributed by atoms with Gasteiger partial charge in [-0.3, -0.25) is 14.2 Å². The summed E-state index contributed by atoms with van der Waals surface area (Å²) < 4.78 is 23.3. The first-order chi connectivity index (χ1) is 17.0. The summed E-state index contributed by atoms with van der Waals surface area (Å²) in [6.07, 6.45) is 1.66. The molecule has 0 fully saturated rings. The maximum absolute atomic E-state index is 13.3. The molecule has 3 aliphatic rings. The van der Waals surface area contributed by atoms with Crippen molar-refractivity contribution in [2.24, 2.45) is 11.5 Å². The van der Waals surface area contributed by atoms with Crippen molar-refractivity contribution < 1.29 is 23.7 Å². The van der Waals surface area contributed by atoms with Crippen LogP contribution in [0.3, 0.4) is 0 Å². The van der Waals surface area contributed by atoms with Crippen molar-refractivity contribution in [2.75, 3.05) is 13.6 Å². The standard InChI is InChI=1S/C24H16N4O6S/c25-8-13-19(12-2-4-15-17(7-12)34-10-32-15)20(22(27)29)24-28(21(13)26)23(30)18(35-24)6-11-1-3-14-16(5-11)33-9-31-14/h1-7,19H,9-10,26H2,(H2,27,29)/b18-6+/t19-/m0/s1. The number of thiazole rings is 1. The Morgan fingerprint density at radius 3 is 2.40 bits per heavy atom. The van der Waals surface area contributed by atoms with E-state index in [2.05, 4.69) is 6.07 Å². The van der Waals surface area contributed by atoms with E-state index in [0.717, 1.165) is 11.3 Å². The molecule has 6 rings (SSSR count). The Morgan fingerprint density at radius 2 is 1.71 bits per heavy atom. The minimum absolute atomic E-state index is 0.0414. The zero-order valence-corrected chi connectivity index (χ0v) is 18.8. The van der Waals surface area contributed by atoms with Crippen LogP contribution in [-0.4, -0.2) is 24.1 Å². The highest BCUT2D eigenvalue weighted by Gasteiger charge is 2.35. The van der Waals surface area contributed by atoms with Gasteiger partial charge in [-0.05, 0) is 41.5 Å². The lowest BCUT2D eigenvalue weighted by molar-refractivity contribution is -0.113. The number of nitrogens with zero attached hydrogens (tertiary/aromatic N) is 2. The summed E-state index contributed by atoms with van der Waals surface area (Å²) in [5.74, 6) is 0.523. The lowest BCUT2D eigenvalue weighted by Crippen LogP contribution is -2.41. The van der Waals surface area contributed by atoms with Crippen molar-refractivity contribution in [3.63, 3.8) is 0 Å². The Morgan fingerprint density at radius 1 is 1.06 bits per heavy atom. The van der Waals surface area contributed by atoms with E-state index in [0.29, 0.717) is 38.7 Å². The molecule has 0 unspecified atom stereocenters. The van der Waals surface area contributed by atoms with Gasteiger partial charge in [-0.2, -0.15) is 5.26 Å². The zero-order chi connectivity index (χ0) is 24.3. The molecule has 3 aliphatic heterocycles. The third kappa shape index (κ3) is 3.15. The minimum atomic E-state index is -0.872. The summed E-state index contributed by atoms with van der Waals surface area (Å²) in [6, 6.07) is 12.4. The smallest absolute Gasteiger partial charge is 0.274 e. The SMILES string of the molecule is N#CC1=C(N)n2c(s/c(=C/c3ccc4c(c3)OCO4)c2=O)=C(C(N)=O)[C@H]1c1ccc2c(c1)OCO2. The number of ether oxygens (including phenoxy) is 4. The first-order valence-corrected chi connectivity index (χ1v) is 11.2. The molecule has 11 heteroatoms. The lowest BCUT2D eigenvalue weighted by atomic mass is 9.83. The summed E-state index contributed by atoms with van der Waals surface area (Å²) in [6.45, 7) is 0.202. The van der Waals surface area contributed by atoms with Crippen LogP contribution in [0.25, 0.3) is 17.5 Å². The van der Waals surface area contributed by atoms with Gasteiger partial charge in [-0.25, -0.2) is 0 Å². The molecule has 1 atom stereocenters. The van der Waals surface area contributed by atoms with E-state index in [-0.39, 0.29) is 35.2 Å². The quantitative estimate of drug-likeness (QED) is 0.533. The van der Waals surface area contributed by atoms with Crippen molar-refractivity contribution in [1.82, 2.24) is 4.57 Å². The van der Waals surface area contributed by atoms with Crippen molar-refractivity contribution in [3.8, 4) is 29.1 Å². The zero-order valence-electron chi connectivity index (χ0n) is 17.9. The largest absolute Gasteiger partial charge is 0.454 e. The van der Waals surface area contributed by atoms with Gasteiger partial charge in [0.15, 0.2) is 23.0 Å². The van der Waals surface area contributed by atoms with E-state index >= 15 is 0 Å². The van der Waals surface area contributed by atoms with Crippen molar-refractivity contribution in [3.05, 3.63) is 72.6 Å². The number of aromatic nitrogens is 1. The molecular weight excluding hydrogens is 472 g/mol. The summed E-state index contributed by atoms with van der Waals surface area (Å²) in [7, 11) is 0. The van der Waals surface area contributed by atoms with Crippen molar-refractivity contribution in [2.45, 2.75) is 5.92 Å². The predicted molar refractivity (Wildman–Crippen MR) is 125 cm³/mol. The van der Waals surface area contributed by atoms with Gasteiger partial charge < -0.3 is 30.4 Å². The van der Waals surface area contributed by atoms with Crippen molar-refractivity contribution in [1.29, 1.82) is 5.26 Å². The Kier molecular flexibility index (Phi) is 4.58. The Bertz CT molecular complexity index is 1690. The lowest BCUT2D eigenvalue weighted by Gasteiger charge is -2.24. The number of carbonyl (C=O) groups is 1. The average Bonchev–Trinajstić information content (AvgIpc) is 3.57. The average molecular weight is 488 g/mol. The number of allylic oxidation sites excluding steroid dienone is 1. The van der Waals surface area contributed by atoms with Crippen LogP contribution >= 0.6 is 11.3 Å². The van der Waals surface area contributed by atoms with Gasteiger partial charge in [0.25, 0.3) is 5.56 Å². The first kappa shape index (κ1) is 20.9. The molecular formula is C24H16N4O6S. The fraction of sp³-hybridized carbons (Fsp3) is 0.125. The van der Waals surface area contributed by atoms with Crippen LogP contribution in [0.15, 0.2) is 46.8 Å². The summed E-state index contributed by atoms with van der Waals surface area (Å²) in [5.41, 5.74) is 13.1. The van der Waals surface area contributed by atoms with E-state index in [1.54, 1.807) is 42.5 Å². The van der Waals surface area contributed by atoms with E-state index in [1.165, 1.54) is 4.57 Å². The molecule has 1 amide bonds. The maximum atomic E-state index is 13.3. The molecule has 174 valence electrons. The molecule has 2 aromatic carbocycles. The van der Waals surface area contributed by atoms with Crippen molar-refractivity contribution >= 4 is 34.7 Å². The Balaban J connectivity index is 1.60. The number of nitriles is 1. The third-order valence-electron chi connectivity index (χ3n) is 5.96. The highest BCUT2D eigenvalue weighted by molar-refractivity contribution is 7.07. The molecule has 0 bridgehead atoms.